The average molecular weight is 277 g/mol. The van der Waals surface area contributed by atoms with Crippen LogP contribution in [-0.2, 0) is 6.42 Å². The first-order valence-electron chi connectivity index (χ1n) is 6.72. The number of aromatic nitrogens is 4. The van der Waals surface area contributed by atoms with E-state index in [1.165, 1.54) is 0 Å². The summed E-state index contributed by atoms with van der Waals surface area (Å²) in [5, 5.41) is 4.03. The maximum Gasteiger partial charge on any atom is 0.266 e. The molecule has 108 valence electrons. The van der Waals surface area contributed by atoms with Gasteiger partial charge < -0.3 is 25.0 Å². The standard InChI is InChI=1S/C12H19N7O/c1-18-2-4-19(5-3-18)12-16-11(20-17-12)10(13)6-9-7-14-8-15-9/h7-8,10H,2-6,13H2,1H3,(H,14,15)/t10-/m1/s1. The fourth-order valence-corrected chi connectivity index (χ4v) is 2.23. The van der Waals surface area contributed by atoms with Gasteiger partial charge in [-0.05, 0) is 12.2 Å². The van der Waals surface area contributed by atoms with E-state index in [1.807, 2.05) is 0 Å². The second-order valence-corrected chi connectivity index (χ2v) is 5.11. The number of nitrogens with one attached hydrogen (secondary N) is 1. The Morgan fingerprint density at radius 3 is 2.90 bits per heavy atom. The van der Waals surface area contributed by atoms with Crippen LogP contribution in [0.25, 0.3) is 0 Å². The summed E-state index contributed by atoms with van der Waals surface area (Å²) in [5.41, 5.74) is 7.04. The molecule has 2 aromatic heterocycles. The van der Waals surface area contributed by atoms with Gasteiger partial charge in [0.2, 0.25) is 5.89 Å². The molecule has 0 aromatic carbocycles. The molecule has 1 aliphatic heterocycles. The Balaban J connectivity index is 1.64. The van der Waals surface area contributed by atoms with E-state index in [9.17, 15) is 0 Å². The van der Waals surface area contributed by atoms with Gasteiger partial charge in [0, 0.05) is 44.5 Å². The van der Waals surface area contributed by atoms with Gasteiger partial charge >= 0.3 is 0 Å². The van der Waals surface area contributed by atoms with Crippen molar-refractivity contribution in [1.82, 2.24) is 25.0 Å². The first kappa shape index (κ1) is 13.1. The summed E-state index contributed by atoms with van der Waals surface area (Å²) in [5.74, 6) is 1.10. The molecule has 0 aliphatic carbocycles. The Morgan fingerprint density at radius 1 is 1.40 bits per heavy atom. The Kier molecular flexibility index (Phi) is 3.66. The SMILES string of the molecule is CN1CCN(c2noc([C@H](N)Cc3cnc[nH]3)n2)CC1. The summed E-state index contributed by atoms with van der Waals surface area (Å²) < 4.78 is 5.28. The van der Waals surface area contributed by atoms with Crippen LogP contribution in [0.1, 0.15) is 17.6 Å². The van der Waals surface area contributed by atoms with E-state index in [0.717, 1.165) is 31.9 Å². The second kappa shape index (κ2) is 5.59. The van der Waals surface area contributed by atoms with Crippen LogP contribution in [0, 0.1) is 0 Å². The van der Waals surface area contributed by atoms with E-state index >= 15 is 0 Å². The minimum Gasteiger partial charge on any atom is -0.348 e. The third kappa shape index (κ3) is 2.81. The van der Waals surface area contributed by atoms with Gasteiger partial charge in [0.05, 0.1) is 12.4 Å². The minimum absolute atomic E-state index is 0.316. The first-order valence-corrected chi connectivity index (χ1v) is 6.72. The molecule has 1 aliphatic rings. The molecule has 0 saturated carbocycles. The van der Waals surface area contributed by atoms with E-state index in [0.29, 0.717) is 18.3 Å². The highest BCUT2D eigenvalue weighted by Gasteiger charge is 2.21. The number of nitrogens with two attached hydrogens (primary N) is 1. The molecule has 3 heterocycles. The fourth-order valence-electron chi connectivity index (χ4n) is 2.23. The average Bonchev–Trinajstić information content (AvgIpc) is 3.10. The summed E-state index contributed by atoms with van der Waals surface area (Å²) in [6.45, 7) is 3.82. The van der Waals surface area contributed by atoms with E-state index in [-0.39, 0.29) is 6.04 Å². The van der Waals surface area contributed by atoms with Crippen LogP contribution < -0.4 is 10.6 Å². The fraction of sp³-hybridized carbons (Fsp3) is 0.583. The van der Waals surface area contributed by atoms with Crippen LogP contribution in [0.3, 0.4) is 0 Å². The number of H-pyrrole nitrogens is 1. The summed E-state index contributed by atoms with van der Waals surface area (Å²) in [6.07, 6.45) is 3.98. The molecule has 0 bridgehead atoms. The smallest absolute Gasteiger partial charge is 0.266 e. The number of rotatable bonds is 4. The van der Waals surface area contributed by atoms with Gasteiger partial charge in [-0.2, -0.15) is 4.98 Å². The zero-order valence-electron chi connectivity index (χ0n) is 11.5. The summed E-state index contributed by atoms with van der Waals surface area (Å²) in [6, 6.07) is -0.316. The first-order chi connectivity index (χ1) is 9.72. The lowest BCUT2D eigenvalue weighted by atomic mass is 10.2. The molecule has 1 saturated heterocycles. The number of hydrogen-bond acceptors (Lipinski definition) is 7. The Bertz CT molecular complexity index is 530. The highest BCUT2D eigenvalue weighted by atomic mass is 16.5. The summed E-state index contributed by atoms with van der Waals surface area (Å²) >= 11 is 0. The van der Waals surface area contributed by atoms with Crippen LogP contribution in [0.5, 0.6) is 0 Å². The van der Waals surface area contributed by atoms with Crippen LogP contribution in [0.15, 0.2) is 17.0 Å². The monoisotopic (exact) mass is 277 g/mol. The molecule has 0 unspecified atom stereocenters. The normalized spacial score (nSPS) is 18.4. The van der Waals surface area contributed by atoms with Crippen molar-refractivity contribution in [3.05, 3.63) is 24.1 Å². The highest BCUT2D eigenvalue weighted by molar-refractivity contribution is 5.29. The lowest BCUT2D eigenvalue weighted by Crippen LogP contribution is -2.44. The number of piperazine rings is 1. The van der Waals surface area contributed by atoms with Crippen molar-refractivity contribution in [2.75, 3.05) is 38.1 Å². The topological polar surface area (TPSA) is 100 Å². The van der Waals surface area contributed by atoms with Gasteiger partial charge in [-0.15, -0.1) is 0 Å². The van der Waals surface area contributed by atoms with Gasteiger partial charge in [0.25, 0.3) is 5.95 Å². The molecule has 0 spiro atoms. The van der Waals surface area contributed by atoms with Gasteiger partial charge in [-0.25, -0.2) is 4.98 Å². The third-order valence-electron chi connectivity index (χ3n) is 3.53. The number of anilines is 1. The zero-order valence-corrected chi connectivity index (χ0v) is 11.5. The molecule has 8 nitrogen and oxygen atoms in total. The molecule has 1 fully saturated rings. The Morgan fingerprint density at radius 2 is 2.20 bits per heavy atom. The maximum absolute atomic E-state index is 6.08. The second-order valence-electron chi connectivity index (χ2n) is 5.11. The molecule has 3 N–H and O–H groups in total. The van der Waals surface area contributed by atoms with Gasteiger partial charge in [-0.1, -0.05) is 0 Å². The van der Waals surface area contributed by atoms with Gasteiger partial charge in [-0.3, -0.25) is 0 Å². The summed E-state index contributed by atoms with van der Waals surface area (Å²) in [7, 11) is 2.11. The molecule has 0 amide bonds. The van der Waals surface area contributed by atoms with Crippen molar-refractivity contribution in [1.29, 1.82) is 0 Å². The Labute approximate surface area is 117 Å². The lowest BCUT2D eigenvalue weighted by molar-refractivity contribution is 0.308. The zero-order chi connectivity index (χ0) is 13.9. The van der Waals surface area contributed by atoms with Crippen molar-refractivity contribution in [2.24, 2.45) is 5.73 Å². The van der Waals surface area contributed by atoms with Gasteiger partial charge in [0.15, 0.2) is 0 Å². The quantitative estimate of drug-likeness (QED) is 0.797. The van der Waals surface area contributed by atoms with E-state index in [4.69, 9.17) is 10.3 Å². The number of imidazole rings is 1. The molecular formula is C12H19N7O. The van der Waals surface area contributed by atoms with Crippen molar-refractivity contribution in [3.8, 4) is 0 Å². The third-order valence-corrected chi connectivity index (χ3v) is 3.53. The van der Waals surface area contributed by atoms with Crippen LogP contribution >= 0.6 is 0 Å². The summed E-state index contributed by atoms with van der Waals surface area (Å²) in [4.78, 5) is 15.8. The lowest BCUT2D eigenvalue weighted by Gasteiger charge is -2.31. The van der Waals surface area contributed by atoms with Crippen LogP contribution in [0.2, 0.25) is 0 Å². The number of hydrogen-bond donors (Lipinski definition) is 2. The molecule has 1 atom stereocenters. The van der Waals surface area contributed by atoms with Crippen molar-refractivity contribution >= 4 is 5.95 Å². The number of aromatic amines is 1. The largest absolute Gasteiger partial charge is 0.348 e. The van der Waals surface area contributed by atoms with Crippen molar-refractivity contribution in [3.63, 3.8) is 0 Å². The van der Waals surface area contributed by atoms with E-state index in [1.54, 1.807) is 12.5 Å². The molecular weight excluding hydrogens is 258 g/mol. The predicted molar refractivity (Wildman–Crippen MR) is 73.2 cm³/mol. The molecule has 3 rings (SSSR count). The van der Waals surface area contributed by atoms with E-state index in [2.05, 4.69) is 37.0 Å². The number of nitrogens with zero attached hydrogens (tertiary/aromatic N) is 5. The maximum atomic E-state index is 6.08. The number of likely N-dealkylation sites (N-methyl/N-ethyl adjacent to an activating group) is 1. The molecule has 20 heavy (non-hydrogen) atoms. The van der Waals surface area contributed by atoms with Crippen LogP contribution in [0.4, 0.5) is 5.95 Å². The van der Waals surface area contributed by atoms with Crippen molar-refractivity contribution in [2.45, 2.75) is 12.5 Å². The minimum atomic E-state index is -0.316. The molecule has 8 heteroatoms. The highest BCUT2D eigenvalue weighted by Crippen LogP contribution is 2.17. The molecule has 0 radical (unpaired) electrons. The van der Waals surface area contributed by atoms with Crippen LogP contribution in [-0.4, -0.2) is 58.2 Å². The van der Waals surface area contributed by atoms with E-state index < -0.39 is 0 Å². The Hall–Kier alpha value is -1.93. The van der Waals surface area contributed by atoms with Gasteiger partial charge in [0.1, 0.15) is 0 Å². The molecule has 2 aromatic rings. The predicted octanol–water partition coefficient (Wildman–Crippen LogP) is -0.213. The van der Waals surface area contributed by atoms with Crippen molar-refractivity contribution < 1.29 is 4.52 Å².